The molecule has 3 rings (SSSR count). The molecule has 0 bridgehead atoms. The number of nitrogens with zero attached hydrogens (tertiary/aromatic N) is 1. The van der Waals surface area contributed by atoms with Crippen molar-refractivity contribution in [3.8, 4) is 0 Å². The lowest BCUT2D eigenvalue weighted by Gasteiger charge is -2.40. The maximum Gasteiger partial charge on any atom is 0.248 e. The maximum absolute atomic E-state index is 12.8. The van der Waals surface area contributed by atoms with Crippen LogP contribution < -0.4 is 5.32 Å². The van der Waals surface area contributed by atoms with E-state index in [4.69, 9.17) is 4.74 Å². The van der Waals surface area contributed by atoms with Crippen molar-refractivity contribution in [2.24, 2.45) is 11.8 Å². The fourth-order valence-electron chi connectivity index (χ4n) is 3.48. The number of rotatable bonds is 11. The van der Waals surface area contributed by atoms with E-state index >= 15 is 0 Å². The third-order valence-corrected chi connectivity index (χ3v) is 6.05. The molecule has 1 aliphatic heterocycles. The number of carbonyl (C=O) groups is 2. The molecule has 0 aromatic heterocycles. The van der Waals surface area contributed by atoms with Gasteiger partial charge in [0.05, 0.1) is 12.9 Å². The summed E-state index contributed by atoms with van der Waals surface area (Å²) in [6.45, 7) is 6.39. The third kappa shape index (κ3) is 5.36. The minimum Gasteiger partial charge on any atom is -0.501 e. The molecule has 0 aromatic carbocycles. The maximum atomic E-state index is 12.8. The van der Waals surface area contributed by atoms with Crippen molar-refractivity contribution < 1.29 is 14.3 Å². The highest BCUT2D eigenvalue weighted by atomic mass is 16.5. The van der Waals surface area contributed by atoms with Crippen LogP contribution in [0.15, 0.2) is 24.0 Å². The van der Waals surface area contributed by atoms with Gasteiger partial charge in [-0.1, -0.05) is 26.0 Å². The van der Waals surface area contributed by atoms with Crippen molar-refractivity contribution >= 4 is 11.8 Å². The molecule has 150 valence electrons. The number of likely N-dealkylation sites (tertiary alicyclic amines) is 1. The average Bonchev–Trinajstić information content (AvgIpc) is 3.50. The highest BCUT2D eigenvalue weighted by Gasteiger charge is 2.40. The largest absolute Gasteiger partial charge is 0.501 e. The predicted octanol–water partition coefficient (Wildman–Crippen LogP) is 3.56. The Morgan fingerprint density at radius 2 is 1.85 bits per heavy atom. The topological polar surface area (TPSA) is 58.6 Å². The third-order valence-electron chi connectivity index (χ3n) is 6.05. The molecule has 27 heavy (non-hydrogen) atoms. The normalized spacial score (nSPS) is 20.5. The Bertz CT molecular complexity index is 595. The summed E-state index contributed by atoms with van der Waals surface area (Å²) >= 11 is 0. The zero-order valence-corrected chi connectivity index (χ0v) is 16.8. The lowest BCUT2D eigenvalue weighted by atomic mass is 9.89. The van der Waals surface area contributed by atoms with Gasteiger partial charge in [-0.2, -0.15) is 0 Å². The highest BCUT2D eigenvalue weighted by Crippen LogP contribution is 2.37. The van der Waals surface area contributed by atoms with Gasteiger partial charge in [-0.25, -0.2) is 0 Å². The summed E-state index contributed by atoms with van der Waals surface area (Å²) in [7, 11) is 0. The van der Waals surface area contributed by atoms with E-state index in [0.29, 0.717) is 25.2 Å². The van der Waals surface area contributed by atoms with E-state index in [0.717, 1.165) is 32.0 Å². The van der Waals surface area contributed by atoms with E-state index < -0.39 is 5.54 Å². The van der Waals surface area contributed by atoms with E-state index in [9.17, 15) is 9.59 Å². The van der Waals surface area contributed by atoms with Crippen molar-refractivity contribution in [1.29, 1.82) is 0 Å². The zero-order valence-electron chi connectivity index (χ0n) is 16.8. The zero-order chi connectivity index (χ0) is 19.3. The van der Waals surface area contributed by atoms with Crippen LogP contribution in [-0.2, 0) is 14.3 Å². The number of amides is 2. The second-order valence-corrected chi connectivity index (χ2v) is 8.26. The number of nitrogens with one attached hydrogen (secondary N) is 1. The average molecular weight is 375 g/mol. The lowest BCUT2D eigenvalue weighted by Crippen LogP contribution is -2.61. The van der Waals surface area contributed by atoms with E-state index in [1.807, 2.05) is 37.2 Å². The minimum atomic E-state index is -0.756. The van der Waals surface area contributed by atoms with Crippen LogP contribution >= 0.6 is 0 Å². The molecule has 2 aliphatic carbocycles. The van der Waals surface area contributed by atoms with Gasteiger partial charge < -0.3 is 15.0 Å². The molecule has 3 aliphatic rings. The molecule has 1 N–H and O–H groups in total. The monoisotopic (exact) mass is 374 g/mol. The molecule has 0 unspecified atom stereocenters. The molecule has 5 heteroatoms. The fraction of sp³-hybridized carbons (Fsp3) is 0.727. The predicted molar refractivity (Wildman–Crippen MR) is 106 cm³/mol. The number of hydrogen-bond acceptors (Lipinski definition) is 3. The smallest absolute Gasteiger partial charge is 0.248 e. The molecule has 5 nitrogen and oxygen atoms in total. The number of hydrogen-bond donors (Lipinski definition) is 1. The number of carbonyl (C=O) groups excluding carboxylic acids is 2. The van der Waals surface area contributed by atoms with Gasteiger partial charge >= 0.3 is 0 Å². The number of allylic oxidation sites excluding steroid dienone is 2. The molecule has 3 fully saturated rings. The quantitative estimate of drug-likeness (QED) is 0.444. The van der Waals surface area contributed by atoms with Crippen LogP contribution in [0.2, 0.25) is 0 Å². The fourth-order valence-corrected chi connectivity index (χ4v) is 3.48. The standard InChI is InChI=1S/C22H34N2O3/c1-3-22(4-2,21(26)24-13-6-14-24)23-20(25)8-5-7-19(18-11-12-18)16-27-15-17-9-10-17/h5,7,16-18H,3-4,6,8-15H2,1-2H3,(H,23,25)/b7-5-,19-16-. The van der Waals surface area contributed by atoms with Crippen molar-refractivity contribution in [2.75, 3.05) is 19.7 Å². The Hall–Kier alpha value is -1.78. The molecule has 0 radical (unpaired) electrons. The Balaban J connectivity index is 1.51. The molecule has 2 amide bonds. The van der Waals surface area contributed by atoms with Gasteiger partial charge in [0.15, 0.2) is 0 Å². The van der Waals surface area contributed by atoms with Crippen molar-refractivity contribution in [1.82, 2.24) is 10.2 Å². The first-order valence-corrected chi connectivity index (χ1v) is 10.7. The van der Waals surface area contributed by atoms with Gasteiger partial charge in [0.25, 0.3) is 0 Å². The molecular formula is C22H34N2O3. The molecular weight excluding hydrogens is 340 g/mol. The van der Waals surface area contributed by atoms with Crippen LogP contribution in [0.3, 0.4) is 0 Å². The number of ether oxygens (including phenoxy) is 1. The van der Waals surface area contributed by atoms with Gasteiger partial charge in [-0.3, -0.25) is 9.59 Å². The summed E-state index contributed by atoms with van der Waals surface area (Å²) in [5.74, 6) is 1.32. The first kappa shape index (κ1) is 20.0. The molecule has 0 aromatic rings. The van der Waals surface area contributed by atoms with Crippen molar-refractivity contribution in [2.45, 2.75) is 70.8 Å². The van der Waals surface area contributed by atoms with Gasteiger partial charge in [-0.05, 0) is 62.4 Å². The summed E-state index contributed by atoms with van der Waals surface area (Å²) in [5.41, 5.74) is 0.436. The van der Waals surface area contributed by atoms with Gasteiger partial charge in [0, 0.05) is 19.5 Å². The van der Waals surface area contributed by atoms with E-state index in [2.05, 4.69) is 5.32 Å². The van der Waals surface area contributed by atoms with Crippen molar-refractivity contribution in [3.63, 3.8) is 0 Å². The summed E-state index contributed by atoms with van der Waals surface area (Å²) in [5, 5.41) is 3.03. The molecule has 0 atom stereocenters. The molecule has 1 saturated heterocycles. The second kappa shape index (κ2) is 8.94. The van der Waals surface area contributed by atoms with Gasteiger partial charge in [0.1, 0.15) is 5.54 Å². The van der Waals surface area contributed by atoms with E-state index in [1.165, 1.54) is 31.3 Å². The summed E-state index contributed by atoms with van der Waals surface area (Å²) < 4.78 is 5.71. The Labute approximate surface area is 163 Å². The summed E-state index contributed by atoms with van der Waals surface area (Å²) in [6.07, 6.45) is 13.4. The Kier molecular flexibility index (Phi) is 6.61. The van der Waals surface area contributed by atoms with Crippen LogP contribution in [0.5, 0.6) is 0 Å². The van der Waals surface area contributed by atoms with Crippen molar-refractivity contribution in [3.05, 3.63) is 24.0 Å². The molecule has 2 saturated carbocycles. The Morgan fingerprint density at radius 3 is 2.37 bits per heavy atom. The summed E-state index contributed by atoms with van der Waals surface area (Å²) in [4.78, 5) is 27.1. The minimum absolute atomic E-state index is 0.0723. The summed E-state index contributed by atoms with van der Waals surface area (Å²) in [6, 6.07) is 0. The molecule has 1 heterocycles. The highest BCUT2D eigenvalue weighted by molar-refractivity contribution is 5.92. The van der Waals surface area contributed by atoms with Crippen LogP contribution in [0.4, 0.5) is 0 Å². The Morgan fingerprint density at radius 1 is 1.15 bits per heavy atom. The van der Waals surface area contributed by atoms with E-state index in [-0.39, 0.29) is 11.8 Å². The second-order valence-electron chi connectivity index (χ2n) is 8.26. The lowest BCUT2D eigenvalue weighted by molar-refractivity contribution is -0.145. The first-order valence-electron chi connectivity index (χ1n) is 10.7. The van der Waals surface area contributed by atoms with Crippen LogP contribution in [0.1, 0.15) is 65.2 Å². The van der Waals surface area contributed by atoms with Crippen LogP contribution in [-0.4, -0.2) is 41.9 Å². The van der Waals surface area contributed by atoms with E-state index in [1.54, 1.807) is 0 Å². The van der Waals surface area contributed by atoms with Crippen LogP contribution in [0.25, 0.3) is 0 Å². The van der Waals surface area contributed by atoms with Gasteiger partial charge in [-0.15, -0.1) is 0 Å². The molecule has 0 spiro atoms. The SMILES string of the molecule is CCC(CC)(NC(=O)C/C=C\C(=C\OCC1CC1)C1CC1)C(=O)N1CCC1. The van der Waals surface area contributed by atoms with Gasteiger partial charge in [0.2, 0.25) is 11.8 Å². The first-order chi connectivity index (χ1) is 13.1. The van der Waals surface area contributed by atoms with Crippen LogP contribution in [0, 0.1) is 11.8 Å².